The van der Waals surface area contributed by atoms with Crippen LogP contribution in [0.1, 0.15) is 38.7 Å². The zero-order valence-corrected chi connectivity index (χ0v) is 12.3. The highest BCUT2D eigenvalue weighted by molar-refractivity contribution is 5.76. The molecule has 1 aliphatic heterocycles. The minimum absolute atomic E-state index is 0.119. The normalized spacial score (nSPS) is 13.3. The molecule has 0 bridgehead atoms. The van der Waals surface area contributed by atoms with Crippen molar-refractivity contribution in [1.82, 2.24) is 5.32 Å². The van der Waals surface area contributed by atoms with Gasteiger partial charge in [0.15, 0.2) is 11.5 Å². The van der Waals surface area contributed by atoms with Crippen molar-refractivity contribution in [2.24, 2.45) is 0 Å². The second-order valence-corrected chi connectivity index (χ2v) is 5.06. The van der Waals surface area contributed by atoms with Gasteiger partial charge in [-0.25, -0.2) is 0 Å². The van der Waals surface area contributed by atoms with Crippen molar-refractivity contribution in [3.8, 4) is 11.5 Å². The molecule has 0 fully saturated rings. The van der Waals surface area contributed by atoms with Gasteiger partial charge in [-0.1, -0.05) is 19.9 Å². The molecule has 0 atom stereocenters. The first-order valence-electron chi connectivity index (χ1n) is 7.40. The number of hydrogen-bond donors (Lipinski definition) is 1. The molecule has 1 aliphatic rings. The first-order valence-corrected chi connectivity index (χ1v) is 7.40. The number of rotatable bonds is 6. The minimum Gasteiger partial charge on any atom is -0.486 e. The number of aryl methyl sites for hydroxylation is 1. The largest absolute Gasteiger partial charge is 0.486 e. The molecular formula is C16H23NO3. The fourth-order valence-electron chi connectivity index (χ4n) is 2.29. The van der Waals surface area contributed by atoms with E-state index in [9.17, 15) is 4.79 Å². The quantitative estimate of drug-likeness (QED) is 0.869. The zero-order chi connectivity index (χ0) is 14.4. The van der Waals surface area contributed by atoms with Crippen molar-refractivity contribution < 1.29 is 14.3 Å². The second kappa shape index (κ2) is 7.17. The predicted octanol–water partition coefficient (Wildman–Crippen LogP) is 2.70. The van der Waals surface area contributed by atoms with E-state index >= 15 is 0 Å². The summed E-state index contributed by atoms with van der Waals surface area (Å²) in [7, 11) is 0. The lowest BCUT2D eigenvalue weighted by Crippen LogP contribution is -2.33. The summed E-state index contributed by atoms with van der Waals surface area (Å²) in [5, 5.41) is 3.05. The van der Waals surface area contributed by atoms with Gasteiger partial charge in [0.05, 0.1) is 0 Å². The van der Waals surface area contributed by atoms with Gasteiger partial charge in [0, 0.05) is 12.5 Å². The van der Waals surface area contributed by atoms with E-state index in [4.69, 9.17) is 9.47 Å². The van der Waals surface area contributed by atoms with Crippen LogP contribution < -0.4 is 14.8 Å². The van der Waals surface area contributed by atoms with Crippen LogP contribution in [0.4, 0.5) is 0 Å². The zero-order valence-electron chi connectivity index (χ0n) is 12.3. The minimum atomic E-state index is 0.119. The van der Waals surface area contributed by atoms with E-state index in [1.807, 2.05) is 18.2 Å². The van der Waals surface area contributed by atoms with Crippen LogP contribution in [0.2, 0.25) is 0 Å². The lowest BCUT2D eigenvalue weighted by Gasteiger charge is -2.19. The number of amides is 1. The summed E-state index contributed by atoms with van der Waals surface area (Å²) >= 11 is 0. The summed E-state index contributed by atoms with van der Waals surface area (Å²) in [6.07, 6.45) is 3.19. The van der Waals surface area contributed by atoms with Crippen LogP contribution in [0.5, 0.6) is 11.5 Å². The van der Waals surface area contributed by atoms with E-state index in [1.54, 1.807) is 0 Å². The Morgan fingerprint density at radius 3 is 2.60 bits per heavy atom. The average molecular weight is 277 g/mol. The van der Waals surface area contributed by atoms with Gasteiger partial charge in [0.1, 0.15) is 13.2 Å². The first kappa shape index (κ1) is 14.7. The van der Waals surface area contributed by atoms with Crippen LogP contribution in [0.15, 0.2) is 18.2 Å². The summed E-state index contributed by atoms with van der Waals surface area (Å²) in [6.45, 7) is 5.38. The van der Waals surface area contributed by atoms with Crippen LogP contribution in [-0.2, 0) is 11.2 Å². The highest BCUT2D eigenvalue weighted by Crippen LogP contribution is 2.31. The lowest BCUT2D eigenvalue weighted by atomic mass is 10.1. The van der Waals surface area contributed by atoms with Crippen molar-refractivity contribution in [2.45, 2.75) is 45.6 Å². The SMILES string of the molecule is CCC(CC)NC(=O)CCc1ccc2c(c1)OCCO2. The van der Waals surface area contributed by atoms with Crippen molar-refractivity contribution >= 4 is 5.91 Å². The van der Waals surface area contributed by atoms with Gasteiger partial charge in [-0.2, -0.15) is 0 Å². The molecule has 0 radical (unpaired) electrons. The molecule has 1 N–H and O–H groups in total. The molecule has 4 heteroatoms. The molecule has 2 rings (SSSR count). The van der Waals surface area contributed by atoms with Crippen LogP contribution >= 0.6 is 0 Å². The van der Waals surface area contributed by atoms with E-state index in [-0.39, 0.29) is 5.91 Å². The van der Waals surface area contributed by atoms with Gasteiger partial charge in [0.25, 0.3) is 0 Å². The molecule has 0 saturated carbocycles. The third-order valence-corrected chi connectivity index (χ3v) is 3.60. The molecule has 20 heavy (non-hydrogen) atoms. The Labute approximate surface area is 120 Å². The molecule has 1 aromatic rings. The summed E-state index contributed by atoms with van der Waals surface area (Å²) in [5.74, 6) is 1.70. The maximum absolute atomic E-state index is 11.9. The Balaban J connectivity index is 1.86. The van der Waals surface area contributed by atoms with Gasteiger partial charge in [-0.05, 0) is 37.0 Å². The highest BCUT2D eigenvalue weighted by atomic mass is 16.6. The molecule has 1 amide bonds. The summed E-state index contributed by atoms with van der Waals surface area (Å²) in [4.78, 5) is 11.9. The van der Waals surface area contributed by atoms with E-state index < -0.39 is 0 Å². The number of ether oxygens (including phenoxy) is 2. The Morgan fingerprint density at radius 1 is 1.20 bits per heavy atom. The Kier molecular flexibility index (Phi) is 5.27. The number of fused-ring (bicyclic) bond motifs is 1. The van der Waals surface area contributed by atoms with E-state index in [2.05, 4.69) is 19.2 Å². The topological polar surface area (TPSA) is 47.6 Å². The monoisotopic (exact) mass is 277 g/mol. The molecule has 0 aliphatic carbocycles. The van der Waals surface area contributed by atoms with Crippen molar-refractivity contribution in [1.29, 1.82) is 0 Å². The lowest BCUT2D eigenvalue weighted by molar-refractivity contribution is -0.121. The summed E-state index contributed by atoms with van der Waals surface area (Å²) in [6, 6.07) is 6.18. The van der Waals surface area contributed by atoms with Crippen LogP contribution in [0.3, 0.4) is 0 Å². The standard InChI is InChI=1S/C16H23NO3/c1-3-13(4-2)17-16(18)8-6-12-5-7-14-15(11-12)20-10-9-19-14/h5,7,11,13H,3-4,6,8-10H2,1-2H3,(H,17,18). The Hall–Kier alpha value is -1.71. The Bertz CT molecular complexity index is 455. The van der Waals surface area contributed by atoms with Gasteiger partial charge < -0.3 is 14.8 Å². The van der Waals surface area contributed by atoms with E-state index in [0.29, 0.717) is 25.7 Å². The molecule has 1 heterocycles. The predicted molar refractivity (Wildman–Crippen MR) is 78.3 cm³/mol. The number of nitrogens with one attached hydrogen (secondary N) is 1. The van der Waals surface area contributed by atoms with Crippen molar-refractivity contribution in [2.75, 3.05) is 13.2 Å². The maximum Gasteiger partial charge on any atom is 0.220 e. The van der Waals surface area contributed by atoms with E-state index in [0.717, 1.165) is 36.3 Å². The van der Waals surface area contributed by atoms with Crippen LogP contribution in [-0.4, -0.2) is 25.2 Å². The Morgan fingerprint density at radius 2 is 1.90 bits per heavy atom. The fourth-order valence-corrected chi connectivity index (χ4v) is 2.29. The van der Waals surface area contributed by atoms with Gasteiger partial charge >= 0.3 is 0 Å². The summed E-state index contributed by atoms with van der Waals surface area (Å²) < 4.78 is 11.0. The second-order valence-electron chi connectivity index (χ2n) is 5.06. The molecule has 0 aromatic heterocycles. The third-order valence-electron chi connectivity index (χ3n) is 3.60. The fraction of sp³-hybridized carbons (Fsp3) is 0.562. The maximum atomic E-state index is 11.9. The smallest absolute Gasteiger partial charge is 0.220 e. The molecule has 110 valence electrons. The number of carbonyl (C=O) groups excluding carboxylic acids is 1. The van der Waals surface area contributed by atoms with Gasteiger partial charge in [-0.15, -0.1) is 0 Å². The number of carbonyl (C=O) groups is 1. The van der Waals surface area contributed by atoms with Gasteiger partial charge in [0.2, 0.25) is 5.91 Å². The van der Waals surface area contributed by atoms with Crippen molar-refractivity contribution in [3.05, 3.63) is 23.8 Å². The number of hydrogen-bond acceptors (Lipinski definition) is 3. The molecule has 0 saturated heterocycles. The van der Waals surface area contributed by atoms with E-state index in [1.165, 1.54) is 0 Å². The third kappa shape index (κ3) is 3.89. The highest BCUT2D eigenvalue weighted by Gasteiger charge is 2.13. The number of benzene rings is 1. The summed E-state index contributed by atoms with van der Waals surface area (Å²) in [5.41, 5.74) is 1.11. The molecule has 1 aromatic carbocycles. The molecule has 4 nitrogen and oxygen atoms in total. The average Bonchev–Trinajstić information content (AvgIpc) is 2.50. The van der Waals surface area contributed by atoms with Crippen molar-refractivity contribution in [3.63, 3.8) is 0 Å². The molecule has 0 spiro atoms. The molecule has 0 unspecified atom stereocenters. The first-order chi connectivity index (χ1) is 9.72. The molecular weight excluding hydrogens is 254 g/mol. The van der Waals surface area contributed by atoms with Gasteiger partial charge in [-0.3, -0.25) is 4.79 Å². The van der Waals surface area contributed by atoms with Crippen LogP contribution in [0.25, 0.3) is 0 Å². The van der Waals surface area contributed by atoms with Crippen LogP contribution in [0, 0.1) is 0 Å².